The predicted molar refractivity (Wildman–Crippen MR) is 80.8 cm³/mol. The number of aromatic nitrogens is 1. The Balaban J connectivity index is 1.94. The van der Waals surface area contributed by atoms with Gasteiger partial charge in [0.2, 0.25) is 0 Å². The van der Waals surface area contributed by atoms with Crippen LogP contribution in [0.15, 0.2) is 12.3 Å². The van der Waals surface area contributed by atoms with E-state index in [4.69, 9.17) is 23.2 Å². The Kier molecular flexibility index (Phi) is 5.89. The van der Waals surface area contributed by atoms with Gasteiger partial charge in [0, 0.05) is 35.9 Å². The number of hydrogen-bond donors (Lipinski definition) is 1. The number of rotatable bonds is 5. The highest BCUT2D eigenvalue weighted by Gasteiger charge is 2.16. The van der Waals surface area contributed by atoms with Crippen molar-refractivity contribution in [3.05, 3.63) is 28.0 Å². The molecule has 0 amide bonds. The second-order valence-corrected chi connectivity index (χ2v) is 5.87. The molecule has 5 heteroatoms. The molecule has 1 aromatic rings. The minimum Gasteiger partial charge on any atom is -0.313 e. The smallest absolute Gasteiger partial charge is 0.130 e. The lowest BCUT2D eigenvalue weighted by Crippen LogP contribution is -2.43. The fourth-order valence-corrected chi connectivity index (χ4v) is 2.92. The van der Waals surface area contributed by atoms with Gasteiger partial charge in [0.15, 0.2) is 0 Å². The first kappa shape index (κ1) is 15.0. The highest BCUT2D eigenvalue weighted by Crippen LogP contribution is 2.20. The minimum atomic E-state index is 0.450. The summed E-state index contributed by atoms with van der Waals surface area (Å²) in [5.41, 5.74) is 1.05. The van der Waals surface area contributed by atoms with Crippen molar-refractivity contribution in [1.82, 2.24) is 15.2 Å². The number of nitrogens with zero attached hydrogens (tertiary/aromatic N) is 2. The number of likely N-dealkylation sites (N-methyl/N-ethyl adjacent to an activating group) is 1. The number of hydrogen-bond acceptors (Lipinski definition) is 3. The molecule has 0 saturated carbocycles. The van der Waals surface area contributed by atoms with E-state index < -0.39 is 0 Å². The minimum absolute atomic E-state index is 0.450. The Labute approximate surface area is 125 Å². The quantitative estimate of drug-likeness (QED) is 0.845. The maximum absolute atomic E-state index is 6.21. The van der Waals surface area contributed by atoms with Crippen molar-refractivity contribution in [1.29, 1.82) is 0 Å². The first-order valence-electron chi connectivity index (χ1n) is 6.94. The molecule has 1 atom stereocenters. The number of pyridine rings is 1. The Hall–Kier alpha value is -0.350. The van der Waals surface area contributed by atoms with Crippen molar-refractivity contribution in [3.63, 3.8) is 0 Å². The molecular formula is C14H21Cl2N3. The van der Waals surface area contributed by atoms with Crippen LogP contribution in [0.3, 0.4) is 0 Å². The van der Waals surface area contributed by atoms with E-state index in [1.807, 2.05) is 0 Å². The van der Waals surface area contributed by atoms with E-state index in [0.717, 1.165) is 31.7 Å². The lowest BCUT2D eigenvalue weighted by molar-refractivity contribution is 0.226. The van der Waals surface area contributed by atoms with Gasteiger partial charge in [0.05, 0.1) is 0 Å². The van der Waals surface area contributed by atoms with Gasteiger partial charge in [-0.25, -0.2) is 4.98 Å². The van der Waals surface area contributed by atoms with Crippen LogP contribution in [0, 0.1) is 0 Å². The molecule has 0 radical (unpaired) electrons. The summed E-state index contributed by atoms with van der Waals surface area (Å²) in [6.07, 6.45) is 5.68. The fourth-order valence-electron chi connectivity index (χ4n) is 2.49. The first-order valence-corrected chi connectivity index (χ1v) is 7.70. The molecule has 0 aliphatic carbocycles. The standard InChI is InChI=1S/C14H21Cl2N3/c1-2-19(10-12-5-3-4-6-17-12)9-11-8-18-14(16)7-13(11)15/h7-8,12,17H,2-6,9-10H2,1H3. The third-order valence-corrected chi connectivity index (χ3v) is 4.19. The molecule has 0 aromatic carbocycles. The van der Waals surface area contributed by atoms with Gasteiger partial charge in [-0.05, 0) is 32.0 Å². The number of halogens is 2. The predicted octanol–water partition coefficient (Wildman–Crippen LogP) is 3.35. The lowest BCUT2D eigenvalue weighted by atomic mass is 10.0. The van der Waals surface area contributed by atoms with E-state index in [2.05, 4.69) is 22.1 Å². The molecular weight excluding hydrogens is 281 g/mol. The molecule has 2 rings (SSSR count). The van der Waals surface area contributed by atoms with Crippen molar-refractivity contribution in [2.24, 2.45) is 0 Å². The summed E-state index contributed by atoms with van der Waals surface area (Å²) in [6, 6.07) is 2.32. The van der Waals surface area contributed by atoms with E-state index in [0.29, 0.717) is 16.2 Å². The van der Waals surface area contributed by atoms with Gasteiger partial charge >= 0.3 is 0 Å². The highest BCUT2D eigenvalue weighted by atomic mass is 35.5. The zero-order valence-corrected chi connectivity index (χ0v) is 12.8. The highest BCUT2D eigenvalue weighted by molar-refractivity contribution is 6.34. The molecule has 1 aromatic heterocycles. The monoisotopic (exact) mass is 301 g/mol. The van der Waals surface area contributed by atoms with Gasteiger partial charge in [-0.15, -0.1) is 0 Å². The van der Waals surface area contributed by atoms with Crippen LogP contribution in [-0.4, -0.2) is 35.6 Å². The van der Waals surface area contributed by atoms with Gasteiger partial charge in [-0.1, -0.05) is 36.5 Å². The van der Waals surface area contributed by atoms with Crippen LogP contribution in [0.1, 0.15) is 31.7 Å². The molecule has 19 heavy (non-hydrogen) atoms. The normalized spacial score (nSPS) is 19.9. The van der Waals surface area contributed by atoms with Crippen LogP contribution in [0.25, 0.3) is 0 Å². The maximum Gasteiger partial charge on any atom is 0.130 e. The summed E-state index contributed by atoms with van der Waals surface area (Å²) in [5.74, 6) is 0. The third-order valence-electron chi connectivity index (χ3n) is 3.63. The summed E-state index contributed by atoms with van der Waals surface area (Å²) < 4.78 is 0. The van der Waals surface area contributed by atoms with Crippen molar-refractivity contribution in [2.75, 3.05) is 19.6 Å². The largest absolute Gasteiger partial charge is 0.313 e. The van der Waals surface area contributed by atoms with Crippen LogP contribution < -0.4 is 5.32 Å². The van der Waals surface area contributed by atoms with E-state index in [9.17, 15) is 0 Å². The van der Waals surface area contributed by atoms with Crippen molar-refractivity contribution < 1.29 is 0 Å². The van der Waals surface area contributed by atoms with E-state index in [1.165, 1.54) is 19.3 Å². The average Bonchev–Trinajstić information content (AvgIpc) is 2.42. The summed E-state index contributed by atoms with van der Waals surface area (Å²) >= 11 is 12.0. The Bertz CT molecular complexity index is 406. The van der Waals surface area contributed by atoms with E-state index >= 15 is 0 Å². The van der Waals surface area contributed by atoms with Crippen LogP contribution in [0.2, 0.25) is 10.2 Å². The summed E-state index contributed by atoms with van der Waals surface area (Å²) in [6.45, 7) is 6.23. The fraction of sp³-hybridized carbons (Fsp3) is 0.643. The van der Waals surface area contributed by atoms with Crippen LogP contribution in [0.4, 0.5) is 0 Å². The van der Waals surface area contributed by atoms with Crippen LogP contribution >= 0.6 is 23.2 Å². The van der Waals surface area contributed by atoms with Crippen LogP contribution in [-0.2, 0) is 6.54 Å². The molecule has 1 saturated heterocycles. The van der Waals surface area contributed by atoms with Gasteiger partial charge in [-0.2, -0.15) is 0 Å². The van der Waals surface area contributed by atoms with Crippen molar-refractivity contribution in [2.45, 2.75) is 38.8 Å². The van der Waals surface area contributed by atoms with Gasteiger partial charge in [0.1, 0.15) is 5.15 Å². The summed E-state index contributed by atoms with van der Waals surface area (Å²) in [7, 11) is 0. The molecule has 1 N–H and O–H groups in total. The second kappa shape index (κ2) is 7.44. The molecule has 1 fully saturated rings. The molecule has 1 aliphatic rings. The van der Waals surface area contributed by atoms with E-state index in [-0.39, 0.29) is 0 Å². The summed E-state index contributed by atoms with van der Waals surface area (Å²) in [5, 5.41) is 4.74. The molecule has 1 unspecified atom stereocenters. The average molecular weight is 302 g/mol. The molecule has 106 valence electrons. The second-order valence-electron chi connectivity index (χ2n) is 5.07. The Morgan fingerprint density at radius 1 is 1.42 bits per heavy atom. The number of piperidine rings is 1. The van der Waals surface area contributed by atoms with E-state index in [1.54, 1.807) is 12.3 Å². The van der Waals surface area contributed by atoms with Gasteiger partial charge in [0.25, 0.3) is 0 Å². The topological polar surface area (TPSA) is 28.2 Å². The van der Waals surface area contributed by atoms with Gasteiger partial charge in [-0.3, -0.25) is 4.90 Å². The Morgan fingerprint density at radius 2 is 2.26 bits per heavy atom. The molecule has 0 spiro atoms. The molecule has 2 heterocycles. The van der Waals surface area contributed by atoms with Crippen molar-refractivity contribution >= 4 is 23.2 Å². The lowest BCUT2D eigenvalue weighted by Gasteiger charge is -2.30. The summed E-state index contributed by atoms with van der Waals surface area (Å²) in [4.78, 5) is 6.52. The molecule has 3 nitrogen and oxygen atoms in total. The first-order chi connectivity index (χ1) is 9.19. The third kappa shape index (κ3) is 4.60. The van der Waals surface area contributed by atoms with Crippen molar-refractivity contribution in [3.8, 4) is 0 Å². The zero-order chi connectivity index (χ0) is 13.7. The zero-order valence-electron chi connectivity index (χ0n) is 11.3. The molecule has 0 bridgehead atoms. The SMILES string of the molecule is CCN(Cc1cnc(Cl)cc1Cl)CC1CCCCN1. The Morgan fingerprint density at radius 3 is 2.89 bits per heavy atom. The van der Waals surface area contributed by atoms with Gasteiger partial charge < -0.3 is 5.32 Å². The maximum atomic E-state index is 6.21. The molecule has 1 aliphatic heterocycles. The number of nitrogens with one attached hydrogen (secondary N) is 1. The van der Waals surface area contributed by atoms with Crippen LogP contribution in [0.5, 0.6) is 0 Å².